The molecule has 0 atom stereocenters. The van der Waals surface area contributed by atoms with Crippen molar-refractivity contribution in [1.29, 1.82) is 0 Å². The van der Waals surface area contributed by atoms with Crippen LogP contribution in [0.2, 0.25) is 0 Å². The lowest BCUT2D eigenvalue weighted by atomic mass is 10.1. The molecule has 0 amide bonds. The molecule has 3 nitrogen and oxygen atoms in total. The van der Waals surface area contributed by atoms with Gasteiger partial charge in [0.05, 0.1) is 16.5 Å². The molecule has 4 rings (SSSR count). The zero-order valence-corrected chi connectivity index (χ0v) is 12.8. The average Bonchev–Trinajstić information content (AvgIpc) is 2.98. The van der Waals surface area contributed by atoms with Crippen LogP contribution in [0.15, 0.2) is 52.6 Å². The number of benzene rings is 2. The third-order valence-corrected chi connectivity index (χ3v) is 4.71. The fourth-order valence-corrected chi connectivity index (χ4v) is 3.62. The highest BCUT2D eigenvalue weighted by Crippen LogP contribution is 2.39. The van der Waals surface area contributed by atoms with Gasteiger partial charge in [-0.15, -0.1) is 11.3 Å². The van der Waals surface area contributed by atoms with Crippen molar-refractivity contribution < 1.29 is 13.2 Å². The van der Waals surface area contributed by atoms with Crippen molar-refractivity contribution in [1.82, 2.24) is 9.97 Å². The van der Waals surface area contributed by atoms with Gasteiger partial charge in [-0.1, -0.05) is 24.3 Å². The first-order valence-corrected chi connectivity index (χ1v) is 7.89. The van der Waals surface area contributed by atoms with Gasteiger partial charge in [0.25, 0.3) is 5.56 Å². The zero-order chi connectivity index (χ0) is 16.9. The molecule has 0 aliphatic carbocycles. The lowest BCUT2D eigenvalue weighted by molar-refractivity contribution is -0.136. The van der Waals surface area contributed by atoms with E-state index in [2.05, 4.69) is 9.97 Å². The second kappa shape index (κ2) is 5.17. The number of thiophene rings is 1. The molecule has 0 saturated heterocycles. The minimum atomic E-state index is -4.38. The highest BCUT2D eigenvalue weighted by Gasteiger charge is 2.33. The Morgan fingerprint density at radius 2 is 1.83 bits per heavy atom. The minimum absolute atomic E-state index is 0.152. The Morgan fingerprint density at radius 3 is 2.62 bits per heavy atom. The number of para-hydroxylation sites is 1. The summed E-state index contributed by atoms with van der Waals surface area (Å²) < 4.78 is 39.3. The zero-order valence-electron chi connectivity index (χ0n) is 12.0. The van der Waals surface area contributed by atoms with E-state index in [9.17, 15) is 18.0 Å². The molecule has 0 radical (unpaired) electrons. The lowest BCUT2D eigenvalue weighted by Crippen LogP contribution is -2.09. The van der Waals surface area contributed by atoms with Crippen LogP contribution in [-0.2, 0) is 6.18 Å². The number of nitrogens with zero attached hydrogens (tertiary/aromatic N) is 1. The van der Waals surface area contributed by atoms with E-state index in [1.54, 1.807) is 30.3 Å². The van der Waals surface area contributed by atoms with E-state index in [0.717, 1.165) is 16.7 Å². The Kier molecular flexibility index (Phi) is 3.21. The van der Waals surface area contributed by atoms with E-state index < -0.39 is 11.7 Å². The van der Waals surface area contributed by atoms with Gasteiger partial charge < -0.3 is 4.98 Å². The van der Waals surface area contributed by atoms with Crippen molar-refractivity contribution in [3.8, 4) is 11.4 Å². The molecule has 2 aromatic carbocycles. The maximum absolute atomic E-state index is 12.9. The van der Waals surface area contributed by atoms with Crippen molar-refractivity contribution in [2.75, 3.05) is 0 Å². The summed E-state index contributed by atoms with van der Waals surface area (Å²) in [7, 11) is 0. The van der Waals surface area contributed by atoms with E-state index >= 15 is 0 Å². The standard InChI is InChI=1S/C17H9F3N2OS/c18-17(19,20)12-8-24-14-7-9(5-6-10(12)14)15-21-13-4-2-1-3-11(13)16(23)22-15/h1-8H,(H,21,22,23). The third-order valence-electron chi connectivity index (χ3n) is 3.77. The smallest absolute Gasteiger partial charge is 0.306 e. The largest absolute Gasteiger partial charge is 0.417 e. The summed E-state index contributed by atoms with van der Waals surface area (Å²) in [6.45, 7) is 0. The highest BCUT2D eigenvalue weighted by atomic mass is 32.1. The van der Waals surface area contributed by atoms with E-state index in [1.165, 1.54) is 12.1 Å². The quantitative estimate of drug-likeness (QED) is 0.537. The maximum atomic E-state index is 12.9. The fraction of sp³-hybridized carbons (Fsp3) is 0.0588. The molecule has 1 N–H and O–H groups in total. The molecular formula is C17H9F3N2OS. The number of aromatic amines is 1. The van der Waals surface area contributed by atoms with Crippen molar-refractivity contribution >= 4 is 32.3 Å². The van der Waals surface area contributed by atoms with Crippen molar-refractivity contribution in [3.05, 3.63) is 63.8 Å². The van der Waals surface area contributed by atoms with Crippen LogP contribution in [0, 0.1) is 0 Å². The molecule has 4 aromatic rings. The fourth-order valence-electron chi connectivity index (χ4n) is 2.62. The number of nitrogens with one attached hydrogen (secondary N) is 1. The average molecular weight is 346 g/mol. The van der Waals surface area contributed by atoms with Crippen LogP contribution in [-0.4, -0.2) is 9.97 Å². The van der Waals surface area contributed by atoms with Crippen molar-refractivity contribution in [2.45, 2.75) is 6.18 Å². The lowest BCUT2D eigenvalue weighted by Gasteiger charge is -2.06. The van der Waals surface area contributed by atoms with Crippen LogP contribution < -0.4 is 5.56 Å². The second-order valence-electron chi connectivity index (χ2n) is 5.29. The summed E-state index contributed by atoms with van der Waals surface area (Å²) in [5.74, 6) is 0.336. The monoisotopic (exact) mass is 346 g/mol. The Labute approximate surface area is 137 Å². The summed E-state index contributed by atoms with van der Waals surface area (Å²) in [6.07, 6.45) is -4.38. The first kappa shape index (κ1) is 14.9. The minimum Gasteiger partial charge on any atom is -0.306 e. The molecule has 0 bridgehead atoms. The van der Waals surface area contributed by atoms with Crippen LogP contribution in [0.4, 0.5) is 13.2 Å². The topological polar surface area (TPSA) is 45.8 Å². The maximum Gasteiger partial charge on any atom is 0.417 e. The summed E-state index contributed by atoms with van der Waals surface area (Å²) in [4.78, 5) is 19.2. The number of fused-ring (bicyclic) bond motifs is 2. The van der Waals surface area contributed by atoms with Gasteiger partial charge in [0.2, 0.25) is 0 Å². The van der Waals surface area contributed by atoms with Gasteiger partial charge in [-0.2, -0.15) is 13.2 Å². The van der Waals surface area contributed by atoms with Crippen LogP contribution in [0.25, 0.3) is 32.4 Å². The molecule has 0 aliphatic heterocycles. The second-order valence-corrected chi connectivity index (χ2v) is 6.20. The van der Waals surface area contributed by atoms with Gasteiger partial charge in [0.15, 0.2) is 0 Å². The highest BCUT2D eigenvalue weighted by molar-refractivity contribution is 7.17. The molecule has 0 unspecified atom stereocenters. The van der Waals surface area contributed by atoms with Gasteiger partial charge in [-0.05, 0) is 18.2 Å². The number of alkyl halides is 3. The normalized spacial score (nSPS) is 12.1. The molecule has 24 heavy (non-hydrogen) atoms. The van der Waals surface area contributed by atoms with Crippen LogP contribution in [0.3, 0.4) is 0 Å². The van der Waals surface area contributed by atoms with Gasteiger partial charge in [0, 0.05) is 21.0 Å². The van der Waals surface area contributed by atoms with E-state index in [1.807, 2.05) is 0 Å². The van der Waals surface area contributed by atoms with E-state index in [0.29, 0.717) is 27.0 Å². The predicted octanol–water partition coefficient (Wildman–Crippen LogP) is 4.82. The number of H-pyrrole nitrogens is 1. The Hall–Kier alpha value is -2.67. The molecule has 0 spiro atoms. The number of aromatic nitrogens is 2. The molecule has 120 valence electrons. The Bertz CT molecular complexity index is 1130. The van der Waals surface area contributed by atoms with Gasteiger partial charge in [-0.3, -0.25) is 4.79 Å². The summed E-state index contributed by atoms with van der Waals surface area (Å²) in [5.41, 5.74) is 0.186. The summed E-state index contributed by atoms with van der Waals surface area (Å²) in [6, 6.07) is 11.5. The molecule has 2 heterocycles. The summed E-state index contributed by atoms with van der Waals surface area (Å²) in [5, 5.41) is 1.72. The summed E-state index contributed by atoms with van der Waals surface area (Å²) >= 11 is 1.02. The van der Waals surface area contributed by atoms with Gasteiger partial charge >= 0.3 is 6.18 Å². The number of rotatable bonds is 1. The Morgan fingerprint density at radius 1 is 1.04 bits per heavy atom. The van der Waals surface area contributed by atoms with E-state index in [4.69, 9.17) is 0 Å². The van der Waals surface area contributed by atoms with Crippen molar-refractivity contribution in [2.24, 2.45) is 0 Å². The molecule has 7 heteroatoms. The van der Waals surface area contributed by atoms with Gasteiger partial charge in [0.1, 0.15) is 5.82 Å². The molecule has 0 saturated carbocycles. The van der Waals surface area contributed by atoms with Crippen LogP contribution >= 0.6 is 11.3 Å². The number of halogens is 3. The third kappa shape index (κ3) is 2.37. The van der Waals surface area contributed by atoms with Gasteiger partial charge in [-0.25, -0.2) is 4.98 Å². The SMILES string of the molecule is O=c1[nH]c(-c2ccc3c(C(F)(F)F)csc3c2)nc2ccccc12. The van der Waals surface area contributed by atoms with E-state index in [-0.39, 0.29) is 10.9 Å². The Balaban J connectivity index is 1.90. The van der Waals surface area contributed by atoms with Crippen LogP contribution in [0.5, 0.6) is 0 Å². The molecule has 0 aliphatic rings. The van der Waals surface area contributed by atoms with Crippen molar-refractivity contribution in [3.63, 3.8) is 0 Å². The molecule has 0 fully saturated rings. The molecular weight excluding hydrogens is 337 g/mol. The van der Waals surface area contributed by atoms with Crippen LogP contribution in [0.1, 0.15) is 5.56 Å². The number of hydrogen-bond donors (Lipinski definition) is 1. The first-order chi connectivity index (χ1) is 11.4. The number of hydrogen-bond acceptors (Lipinski definition) is 3. The molecule has 2 aromatic heterocycles. The first-order valence-electron chi connectivity index (χ1n) is 7.01. The predicted molar refractivity (Wildman–Crippen MR) is 88.2 cm³/mol.